The summed E-state index contributed by atoms with van der Waals surface area (Å²) >= 11 is 3.22. The molecule has 100 valence electrons. The first-order valence-electron chi connectivity index (χ1n) is 5.82. The number of anilines is 1. The molecule has 0 aliphatic carbocycles. The van der Waals surface area contributed by atoms with Crippen LogP contribution in [-0.4, -0.2) is 30.8 Å². The number of aromatic nitrogens is 1. The van der Waals surface area contributed by atoms with E-state index in [-0.39, 0.29) is 10.7 Å². The van der Waals surface area contributed by atoms with Gasteiger partial charge in [-0.15, -0.1) is 0 Å². The zero-order valence-corrected chi connectivity index (χ0v) is 12.5. The fourth-order valence-corrected chi connectivity index (χ4v) is 4.32. The van der Waals surface area contributed by atoms with E-state index >= 15 is 0 Å². The molecule has 0 bridgehead atoms. The van der Waals surface area contributed by atoms with Crippen LogP contribution in [0, 0.1) is 5.92 Å². The number of halogens is 1. The number of piperidine rings is 1. The van der Waals surface area contributed by atoms with E-state index in [4.69, 9.17) is 5.73 Å². The quantitative estimate of drug-likeness (QED) is 0.895. The molecule has 0 radical (unpaired) electrons. The lowest BCUT2D eigenvalue weighted by atomic mass is 10.0. The Morgan fingerprint density at radius 2 is 2.28 bits per heavy atom. The molecule has 1 aromatic heterocycles. The molecular formula is C11H16BrN3O2S. The van der Waals surface area contributed by atoms with Crippen LogP contribution in [0.5, 0.6) is 0 Å². The van der Waals surface area contributed by atoms with Crippen molar-refractivity contribution in [2.24, 2.45) is 5.92 Å². The van der Waals surface area contributed by atoms with Crippen LogP contribution in [-0.2, 0) is 10.0 Å². The number of nitrogens with zero attached hydrogens (tertiary/aromatic N) is 2. The highest BCUT2D eigenvalue weighted by atomic mass is 79.9. The Morgan fingerprint density at radius 3 is 2.94 bits per heavy atom. The molecule has 1 fully saturated rings. The maximum Gasteiger partial charge on any atom is 0.246 e. The largest absolute Gasteiger partial charge is 0.383 e. The van der Waals surface area contributed by atoms with Crippen LogP contribution in [0.2, 0.25) is 0 Å². The highest BCUT2D eigenvalue weighted by Gasteiger charge is 2.30. The minimum absolute atomic E-state index is 0.0522. The van der Waals surface area contributed by atoms with Gasteiger partial charge in [0.25, 0.3) is 0 Å². The Balaban J connectivity index is 2.38. The average Bonchev–Trinajstić information content (AvgIpc) is 2.32. The van der Waals surface area contributed by atoms with E-state index in [1.165, 1.54) is 16.6 Å². The molecular weight excluding hydrogens is 318 g/mol. The Kier molecular flexibility index (Phi) is 3.93. The van der Waals surface area contributed by atoms with Gasteiger partial charge in [-0.25, -0.2) is 13.4 Å². The number of pyridine rings is 1. The van der Waals surface area contributed by atoms with Gasteiger partial charge in [0.1, 0.15) is 10.7 Å². The number of nitrogens with two attached hydrogens (primary N) is 1. The van der Waals surface area contributed by atoms with Gasteiger partial charge in [0.05, 0.1) is 0 Å². The average molecular weight is 334 g/mol. The minimum atomic E-state index is -3.53. The Labute approximate surface area is 116 Å². The molecule has 1 atom stereocenters. The van der Waals surface area contributed by atoms with Gasteiger partial charge in [-0.2, -0.15) is 4.31 Å². The third-order valence-corrected chi connectivity index (χ3v) is 5.41. The molecule has 2 heterocycles. The van der Waals surface area contributed by atoms with Gasteiger partial charge in [-0.05, 0) is 40.8 Å². The molecule has 1 saturated heterocycles. The summed E-state index contributed by atoms with van der Waals surface area (Å²) in [4.78, 5) is 3.97. The smallest absolute Gasteiger partial charge is 0.246 e. The third-order valence-electron chi connectivity index (χ3n) is 3.09. The highest BCUT2D eigenvalue weighted by Crippen LogP contribution is 2.27. The second kappa shape index (κ2) is 5.14. The van der Waals surface area contributed by atoms with Gasteiger partial charge in [0.15, 0.2) is 0 Å². The van der Waals surface area contributed by atoms with Crippen molar-refractivity contribution in [3.8, 4) is 0 Å². The normalized spacial score (nSPS) is 22.0. The van der Waals surface area contributed by atoms with Gasteiger partial charge in [0, 0.05) is 23.8 Å². The first-order chi connectivity index (χ1) is 8.41. The van der Waals surface area contributed by atoms with E-state index in [1.807, 2.05) is 0 Å². The molecule has 0 unspecified atom stereocenters. The van der Waals surface area contributed by atoms with E-state index in [0.29, 0.717) is 23.5 Å². The first kappa shape index (κ1) is 13.8. The van der Waals surface area contributed by atoms with Crippen LogP contribution in [0.15, 0.2) is 21.6 Å². The van der Waals surface area contributed by atoms with Crippen LogP contribution < -0.4 is 5.73 Å². The molecule has 7 heteroatoms. The van der Waals surface area contributed by atoms with Gasteiger partial charge in [0.2, 0.25) is 10.0 Å². The van der Waals surface area contributed by atoms with Gasteiger partial charge in [-0.1, -0.05) is 6.92 Å². The number of hydrogen-bond donors (Lipinski definition) is 1. The number of rotatable bonds is 2. The van der Waals surface area contributed by atoms with Crippen molar-refractivity contribution >= 4 is 31.8 Å². The van der Waals surface area contributed by atoms with Gasteiger partial charge >= 0.3 is 0 Å². The summed E-state index contributed by atoms with van der Waals surface area (Å²) in [5.74, 6) is 0.436. The van der Waals surface area contributed by atoms with E-state index in [2.05, 4.69) is 27.8 Å². The summed E-state index contributed by atoms with van der Waals surface area (Å²) in [6.07, 6.45) is 3.45. The minimum Gasteiger partial charge on any atom is -0.383 e. The summed E-state index contributed by atoms with van der Waals surface area (Å²) in [6, 6.07) is 1.51. The predicted octanol–water partition coefficient (Wildman–Crippen LogP) is 1.85. The fourth-order valence-electron chi connectivity index (χ4n) is 2.14. The van der Waals surface area contributed by atoms with Crippen LogP contribution in [0.1, 0.15) is 19.8 Å². The van der Waals surface area contributed by atoms with Crippen LogP contribution in [0.25, 0.3) is 0 Å². The molecule has 0 aromatic carbocycles. The Hall–Kier alpha value is -0.660. The van der Waals surface area contributed by atoms with Gasteiger partial charge < -0.3 is 5.73 Å². The van der Waals surface area contributed by atoms with Crippen molar-refractivity contribution in [2.75, 3.05) is 18.8 Å². The van der Waals surface area contributed by atoms with E-state index in [1.54, 1.807) is 0 Å². The maximum absolute atomic E-state index is 12.5. The first-order valence-corrected chi connectivity index (χ1v) is 8.05. The lowest BCUT2D eigenvalue weighted by molar-refractivity contribution is 0.281. The molecule has 1 aliphatic rings. The topological polar surface area (TPSA) is 76.3 Å². The zero-order valence-electron chi connectivity index (χ0n) is 10.1. The van der Waals surface area contributed by atoms with Crippen LogP contribution in [0.4, 0.5) is 5.82 Å². The Morgan fingerprint density at radius 1 is 1.56 bits per heavy atom. The molecule has 1 aliphatic heterocycles. The van der Waals surface area contributed by atoms with Crippen molar-refractivity contribution in [1.82, 2.24) is 9.29 Å². The van der Waals surface area contributed by atoms with Crippen molar-refractivity contribution in [3.63, 3.8) is 0 Å². The predicted molar refractivity (Wildman–Crippen MR) is 73.5 cm³/mol. The number of nitrogen functional groups attached to an aromatic ring is 1. The lowest BCUT2D eigenvalue weighted by Crippen LogP contribution is -2.39. The van der Waals surface area contributed by atoms with E-state index < -0.39 is 10.0 Å². The van der Waals surface area contributed by atoms with E-state index in [9.17, 15) is 8.42 Å². The summed E-state index contributed by atoms with van der Waals surface area (Å²) in [5.41, 5.74) is 5.68. The van der Waals surface area contributed by atoms with Crippen molar-refractivity contribution in [3.05, 3.63) is 16.7 Å². The number of sulfonamides is 1. The molecule has 18 heavy (non-hydrogen) atoms. The molecule has 2 N–H and O–H groups in total. The fraction of sp³-hybridized carbons (Fsp3) is 0.545. The summed E-state index contributed by atoms with van der Waals surface area (Å²) < 4.78 is 27.1. The van der Waals surface area contributed by atoms with Gasteiger partial charge in [-0.3, -0.25) is 0 Å². The van der Waals surface area contributed by atoms with Crippen molar-refractivity contribution in [2.45, 2.75) is 24.7 Å². The second-order valence-electron chi connectivity index (χ2n) is 4.65. The standard InChI is InChI=1S/C11H16BrN3O2S/c1-8-3-2-4-15(7-8)18(16,17)10-5-9(12)6-14-11(10)13/h5-6,8H,2-4,7H2,1H3,(H2,13,14)/t8-/m0/s1. The lowest BCUT2D eigenvalue weighted by Gasteiger charge is -2.30. The summed E-state index contributed by atoms with van der Waals surface area (Å²) in [7, 11) is -3.53. The third kappa shape index (κ3) is 2.67. The number of hydrogen-bond acceptors (Lipinski definition) is 4. The van der Waals surface area contributed by atoms with Crippen molar-refractivity contribution in [1.29, 1.82) is 0 Å². The zero-order chi connectivity index (χ0) is 13.3. The molecule has 1 aromatic rings. The van der Waals surface area contributed by atoms with Crippen molar-refractivity contribution < 1.29 is 8.42 Å². The molecule has 0 amide bonds. The molecule has 0 saturated carbocycles. The molecule has 5 nitrogen and oxygen atoms in total. The van der Waals surface area contributed by atoms with Crippen LogP contribution in [0.3, 0.4) is 0 Å². The SMILES string of the molecule is C[C@H]1CCCN(S(=O)(=O)c2cc(Br)cnc2N)C1. The maximum atomic E-state index is 12.5. The second-order valence-corrected chi connectivity index (χ2v) is 7.47. The summed E-state index contributed by atoms with van der Waals surface area (Å²) in [5, 5.41) is 0. The van der Waals surface area contributed by atoms with E-state index in [0.717, 1.165) is 12.8 Å². The molecule has 2 rings (SSSR count). The molecule has 0 spiro atoms. The Bertz CT molecular complexity index is 547. The monoisotopic (exact) mass is 333 g/mol. The van der Waals surface area contributed by atoms with Crippen LogP contribution >= 0.6 is 15.9 Å². The summed E-state index contributed by atoms with van der Waals surface area (Å²) in [6.45, 7) is 3.16. The highest BCUT2D eigenvalue weighted by molar-refractivity contribution is 9.10.